The van der Waals surface area contributed by atoms with Crippen molar-refractivity contribution in [2.45, 2.75) is 25.3 Å². The molecule has 1 aliphatic carbocycles. The molecule has 1 unspecified atom stereocenters. The van der Waals surface area contributed by atoms with E-state index in [4.69, 9.17) is 10.2 Å². The highest BCUT2D eigenvalue weighted by atomic mass is 35.5. The van der Waals surface area contributed by atoms with Crippen molar-refractivity contribution in [3.05, 3.63) is 23.2 Å². The first kappa shape index (κ1) is 12.1. The average Bonchev–Trinajstić information content (AvgIpc) is 2.62. The fourth-order valence-electron chi connectivity index (χ4n) is 1.90. The van der Waals surface area contributed by atoms with E-state index >= 15 is 0 Å². The summed E-state index contributed by atoms with van der Waals surface area (Å²) in [7, 11) is 1.36. The summed E-state index contributed by atoms with van der Waals surface area (Å²) in [6.45, 7) is 0. The Morgan fingerprint density at radius 1 is 1.67 bits per heavy atom. The Labute approximate surface area is 94.2 Å². The topological polar surface area (TPSA) is 65.5 Å². The second kappa shape index (κ2) is 4.68. The number of carbonyl (C=O) groups excluding carboxylic acids is 1. The first-order valence-corrected chi connectivity index (χ1v) is 4.68. The maximum Gasteiger partial charge on any atom is 0.341 e. The van der Waals surface area contributed by atoms with Gasteiger partial charge in [-0.1, -0.05) is 0 Å². The summed E-state index contributed by atoms with van der Waals surface area (Å²) in [4.78, 5) is 11.4. The van der Waals surface area contributed by atoms with Crippen LogP contribution in [0.4, 0.5) is 0 Å². The molecular weight excluding hydrogens is 218 g/mol. The van der Waals surface area contributed by atoms with Crippen molar-refractivity contribution in [2.75, 3.05) is 7.11 Å². The summed E-state index contributed by atoms with van der Waals surface area (Å²) in [5, 5.41) is 0. The zero-order valence-corrected chi connectivity index (χ0v) is 9.30. The van der Waals surface area contributed by atoms with Crippen LogP contribution in [-0.4, -0.2) is 13.1 Å². The normalized spacial score (nSPS) is 18.9. The zero-order chi connectivity index (χ0) is 10.1. The molecule has 1 heterocycles. The number of carbonyl (C=O) groups is 1. The van der Waals surface area contributed by atoms with Gasteiger partial charge in [0.15, 0.2) is 0 Å². The highest BCUT2D eigenvalue weighted by molar-refractivity contribution is 5.91. The van der Waals surface area contributed by atoms with Gasteiger partial charge in [-0.3, -0.25) is 0 Å². The van der Waals surface area contributed by atoms with Crippen molar-refractivity contribution >= 4 is 18.4 Å². The van der Waals surface area contributed by atoms with E-state index in [1.54, 1.807) is 0 Å². The van der Waals surface area contributed by atoms with Gasteiger partial charge >= 0.3 is 5.97 Å². The second-order valence-electron chi connectivity index (χ2n) is 3.48. The van der Waals surface area contributed by atoms with E-state index in [9.17, 15) is 4.79 Å². The Balaban J connectivity index is 0.00000112. The molecule has 0 radical (unpaired) electrons. The van der Waals surface area contributed by atoms with E-state index in [0.29, 0.717) is 5.56 Å². The number of halogens is 1. The largest absolute Gasteiger partial charge is 0.468 e. The molecule has 0 fully saturated rings. The molecule has 2 N–H and O–H groups in total. The number of furan rings is 1. The fraction of sp³-hybridized carbons (Fsp3) is 0.500. The molecule has 0 bridgehead atoms. The summed E-state index contributed by atoms with van der Waals surface area (Å²) in [5.74, 6) is 0.469. The third kappa shape index (κ3) is 2.01. The van der Waals surface area contributed by atoms with Crippen molar-refractivity contribution in [2.24, 2.45) is 5.73 Å². The molecule has 15 heavy (non-hydrogen) atoms. The molecule has 4 nitrogen and oxygen atoms in total. The molecule has 0 aromatic carbocycles. The maximum atomic E-state index is 11.4. The van der Waals surface area contributed by atoms with Gasteiger partial charge in [0, 0.05) is 18.0 Å². The van der Waals surface area contributed by atoms with Crippen LogP contribution in [0.15, 0.2) is 10.7 Å². The summed E-state index contributed by atoms with van der Waals surface area (Å²) in [6.07, 6.45) is 4.22. The number of hydrogen-bond acceptors (Lipinski definition) is 4. The van der Waals surface area contributed by atoms with Gasteiger partial charge in [-0.15, -0.1) is 12.4 Å². The van der Waals surface area contributed by atoms with Crippen LogP contribution in [-0.2, 0) is 11.2 Å². The van der Waals surface area contributed by atoms with Crippen molar-refractivity contribution in [1.29, 1.82) is 0 Å². The third-order valence-electron chi connectivity index (χ3n) is 2.60. The van der Waals surface area contributed by atoms with Crippen LogP contribution in [0.2, 0.25) is 0 Å². The lowest BCUT2D eigenvalue weighted by atomic mass is 9.91. The quantitative estimate of drug-likeness (QED) is 0.749. The van der Waals surface area contributed by atoms with Crippen molar-refractivity contribution < 1.29 is 13.9 Å². The van der Waals surface area contributed by atoms with E-state index < -0.39 is 0 Å². The average molecular weight is 232 g/mol. The first-order chi connectivity index (χ1) is 6.74. The minimum absolute atomic E-state index is 0. The molecule has 0 spiro atoms. The van der Waals surface area contributed by atoms with Crippen LogP contribution in [0.25, 0.3) is 0 Å². The Bertz CT molecular complexity index is 362. The van der Waals surface area contributed by atoms with E-state index in [1.807, 2.05) is 0 Å². The number of nitrogens with two attached hydrogens (primary N) is 1. The number of hydrogen-bond donors (Lipinski definition) is 1. The van der Waals surface area contributed by atoms with Crippen molar-refractivity contribution in [3.63, 3.8) is 0 Å². The molecule has 1 aliphatic rings. The zero-order valence-electron chi connectivity index (χ0n) is 8.49. The first-order valence-electron chi connectivity index (χ1n) is 4.68. The van der Waals surface area contributed by atoms with Gasteiger partial charge in [-0.05, 0) is 12.8 Å². The molecule has 0 saturated carbocycles. The number of methoxy groups -OCH3 is 1. The van der Waals surface area contributed by atoms with E-state index in [0.717, 1.165) is 30.6 Å². The number of fused-ring (bicyclic) bond motifs is 1. The predicted octanol–water partition coefficient (Wildman–Crippen LogP) is 1.82. The lowest BCUT2D eigenvalue weighted by Crippen LogP contribution is -2.19. The minimum Gasteiger partial charge on any atom is -0.468 e. The maximum absolute atomic E-state index is 11.4. The summed E-state index contributed by atoms with van der Waals surface area (Å²) < 4.78 is 9.95. The van der Waals surface area contributed by atoms with Crippen molar-refractivity contribution in [1.82, 2.24) is 0 Å². The van der Waals surface area contributed by atoms with E-state index in [1.165, 1.54) is 13.4 Å². The molecule has 0 amide bonds. The van der Waals surface area contributed by atoms with Gasteiger partial charge in [0.2, 0.25) is 0 Å². The molecule has 1 aromatic heterocycles. The molecule has 1 atom stereocenters. The van der Waals surface area contributed by atoms with Crippen LogP contribution < -0.4 is 5.73 Å². The number of ether oxygens (including phenoxy) is 1. The smallest absolute Gasteiger partial charge is 0.341 e. The molecular formula is C10H14ClNO3. The molecule has 5 heteroatoms. The fourth-order valence-corrected chi connectivity index (χ4v) is 1.90. The summed E-state index contributed by atoms with van der Waals surface area (Å²) >= 11 is 0. The third-order valence-corrected chi connectivity index (χ3v) is 2.60. The highest BCUT2D eigenvalue weighted by Crippen LogP contribution is 2.32. The molecule has 2 rings (SSSR count). The molecule has 84 valence electrons. The van der Waals surface area contributed by atoms with Gasteiger partial charge < -0.3 is 14.9 Å². The second-order valence-corrected chi connectivity index (χ2v) is 3.48. The van der Waals surface area contributed by atoms with Crippen LogP contribution in [0, 0.1) is 0 Å². The van der Waals surface area contributed by atoms with Gasteiger partial charge in [0.1, 0.15) is 17.6 Å². The number of aryl methyl sites for hydroxylation is 1. The summed E-state index contributed by atoms with van der Waals surface area (Å²) in [6, 6.07) is -0.0911. The lowest BCUT2D eigenvalue weighted by molar-refractivity contribution is 0.0598. The standard InChI is InChI=1S/C10H13NO3.ClH/c1-13-10(12)6-5-14-8-4-2-3-7(11)9(6)8;/h5,7H,2-4,11H2,1H3;1H. The van der Waals surface area contributed by atoms with E-state index in [2.05, 4.69) is 4.74 Å². The van der Waals surface area contributed by atoms with E-state index in [-0.39, 0.29) is 24.4 Å². The van der Waals surface area contributed by atoms with Gasteiger partial charge in [0.25, 0.3) is 0 Å². The van der Waals surface area contributed by atoms with Crippen LogP contribution >= 0.6 is 12.4 Å². The van der Waals surface area contributed by atoms with Gasteiger partial charge in [0.05, 0.1) is 7.11 Å². The Morgan fingerprint density at radius 2 is 2.40 bits per heavy atom. The number of rotatable bonds is 1. The van der Waals surface area contributed by atoms with Crippen LogP contribution in [0.3, 0.4) is 0 Å². The molecule has 0 saturated heterocycles. The number of esters is 1. The summed E-state index contributed by atoms with van der Waals surface area (Å²) in [5.41, 5.74) is 7.23. The van der Waals surface area contributed by atoms with Crippen molar-refractivity contribution in [3.8, 4) is 0 Å². The molecule has 1 aromatic rings. The minimum atomic E-state index is -0.368. The lowest BCUT2D eigenvalue weighted by Gasteiger charge is -2.17. The Kier molecular flexibility index (Phi) is 3.77. The predicted molar refractivity (Wildman–Crippen MR) is 57.2 cm³/mol. The van der Waals surface area contributed by atoms with Gasteiger partial charge in [-0.25, -0.2) is 4.79 Å². The Morgan fingerprint density at radius 3 is 3.07 bits per heavy atom. The monoisotopic (exact) mass is 231 g/mol. The van der Waals surface area contributed by atoms with Gasteiger partial charge in [-0.2, -0.15) is 0 Å². The highest BCUT2D eigenvalue weighted by Gasteiger charge is 2.27. The van der Waals surface area contributed by atoms with Crippen LogP contribution in [0.1, 0.15) is 40.6 Å². The SMILES string of the molecule is COC(=O)c1coc2c1C(N)CCC2.Cl. The van der Waals surface area contributed by atoms with Crippen LogP contribution in [0.5, 0.6) is 0 Å². The Hall–Kier alpha value is -1.00. The molecule has 0 aliphatic heterocycles.